The van der Waals surface area contributed by atoms with Crippen LogP contribution in [-0.4, -0.2) is 43.4 Å². The Labute approximate surface area is 174 Å². The Morgan fingerprint density at radius 3 is 2.72 bits per heavy atom. The Hall–Kier alpha value is -2.97. The quantitative estimate of drug-likeness (QED) is 0.555. The molecule has 2 N–H and O–H groups in total. The number of carbonyl (C=O) groups is 2. The van der Waals surface area contributed by atoms with Gasteiger partial charge in [0.1, 0.15) is 12.4 Å². The van der Waals surface area contributed by atoms with Gasteiger partial charge in [-0.2, -0.15) is 0 Å². The van der Waals surface area contributed by atoms with Gasteiger partial charge in [0, 0.05) is 12.2 Å². The van der Waals surface area contributed by atoms with Crippen molar-refractivity contribution in [2.24, 2.45) is 0 Å². The van der Waals surface area contributed by atoms with E-state index in [4.69, 9.17) is 21.7 Å². The summed E-state index contributed by atoms with van der Waals surface area (Å²) in [7, 11) is 1.28. The highest BCUT2D eigenvalue weighted by Gasteiger charge is 2.17. The molecule has 29 heavy (non-hydrogen) atoms. The largest absolute Gasteiger partial charge is 0.489 e. The van der Waals surface area contributed by atoms with Crippen LogP contribution < -0.4 is 15.4 Å². The van der Waals surface area contributed by atoms with E-state index in [0.29, 0.717) is 23.6 Å². The average molecular weight is 414 g/mol. The third-order valence-corrected chi connectivity index (χ3v) is 4.56. The van der Waals surface area contributed by atoms with Crippen LogP contribution in [0, 0.1) is 0 Å². The van der Waals surface area contributed by atoms with Gasteiger partial charge in [-0.25, -0.2) is 4.79 Å². The molecule has 1 unspecified atom stereocenters. The Bertz CT molecular complexity index is 896. The maximum atomic E-state index is 12.5. The fourth-order valence-corrected chi connectivity index (χ4v) is 3.09. The summed E-state index contributed by atoms with van der Waals surface area (Å²) in [4.78, 5) is 24.1. The van der Waals surface area contributed by atoms with E-state index in [0.717, 1.165) is 19.4 Å². The van der Waals surface area contributed by atoms with E-state index >= 15 is 0 Å². The second kappa shape index (κ2) is 9.99. The van der Waals surface area contributed by atoms with Crippen LogP contribution in [0.25, 0.3) is 0 Å². The Balaban J connectivity index is 1.60. The van der Waals surface area contributed by atoms with E-state index in [1.165, 1.54) is 13.2 Å². The first-order valence-corrected chi connectivity index (χ1v) is 9.62. The predicted molar refractivity (Wildman–Crippen MR) is 112 cm³/mol. The van der Waals surface area contributed by atoms with Gasteiger partial charge in [0.15, 0.2) is 5.11 Å². The lowest BCUT2D eigenvalue weighted by molar-refractivity contribution is 0.0600. The summed E-state index contributed by atoms with van der Waals surface area (Å²) in [6, 6.07) is 13.5. The van der Waals surface area contributed by atoms with Crippen molar-refractivity contribution in [1.82, 2.24) is 5.32 Å². The number of benzene rings is 2. The normalized spacial score (nSPS) is 15.4. The van der Waals surface area contributed by atoms with E-state index in [1.54, 1.807) is 24.3 Å². The number of nitrogens with one attached hydrogen (secondary N) is 2. The van der Waals surface area contributed by atoms with Crippen LogP contribution in [0.15, 0.2) is 48.5 Å². The minimum absolute atomic E-state index is 0.0943. The lowest BCUT2D eigenvalue weighted by Gasteiger charge is -2.16. The Morgan fingerprint density at radius 1 is 1.17 bits per heavy atom. The van der Waals surface area contributed by atoms with E-state index in [2.05, 4.69) is 15.4 Å². The fourth-order valence-electron chi connectivity index (χ4n) is 2.89. The minimum Gasteiger partial charge on any atom is -0.489 e. The lowest BCUT2D eigenvalue weighted by Crippen LogP contribution is -2.34. The van der Waals surface area contributed by atoms with Gasteiger partial charge in [-0.15, -0.1) is 0 Å². The summed E-state index contributed by atoms with van der Waals surface area (Å²) in [6.45, 7) is 1.22. The summed E-state index contributed by atoms with van der Waals surface area (Å²) < 4.78 is 16.1. The van der Waals surface area contributed by atoms with Gasteiger partial charge in [-0.3, -0.25) is 10.1 Å². The summed E-state index contributed by atoms with van der Waals surface area (Å²) in [5.74, 6) is -0.337. The SMILES string of the molecule is COC(=O)c1cccc(C(=O)NC(=S)Nc2ccccc2OCC2CCCO2)c1. The topological polar surface area (TPSA) is 85.9 Å². The molecule has 1 fully saturated rings. The summed E-state index contributed by atoms with van der Waals surface area (Å²) >= 11 is 5.26. The predicted octanol–water partition coefficient (Wildman–Crippen LogP) is 3.16. The van der Waals surface area contributed by atoms with Crippen molar-refractivity contribution in [3.8, 4) is 5.75 Å². The van der Waals surface area contributed by atoms with Crippen LogP contribution in [0.3, 0.4) is 0 Å². The molecule has 0 bridgehead atoms. The standard InChI is InChI=1S/C21H22N2O5S/c1-26-20(25)15-7-4-6-14(12-15)19(24)23-21(29)22-17-9-2-3-10-18(17)28-13-16-8-5-11-27-16/h2-4,6-7,9-10,12,16H,5,8,11,13H2,1H3,(H2,22,23,24,29). The first-order chi connectivity index (χ1) is 14.1. The van der Waals surface area contributed by atoms with Crippen LogP contribution in [0.2, 0.25) is 0 Å². The van der Waals surface area contributed by atoms with Gasteiger partial charge in [0.2, 0.25) is 0 Å². The zero-order valence-electron chi connectivity index (χ0n) is 16.0. The number of thiocarbonyl (C=S) groups is 1. The molecule has 1 aliphatic heterocycles. The molecule has 1 aliphatic rings. The first kappa shape index (κ1) is 20.8. The van der Waals surface area contributed by atoms with Crippen molar-refractivity contribution in [2.45, 2.75) is 18.9 Å². The van der Waals surface area contributed by atoms with Crippen molar-refractivity contribution >= 4 is 34.9 Å². The van der Waals surface area contributed by atoms with E-state index in [-0.39, 0.29) is 16.8 Å². The molecule has 0 spiro atoms. The number of hydrogen-bond acceptors (Lipinski definition) is 6. The maximum absolute atomic E-state index is 12.5. The molecular formula is C21H22N2O5S. The molecule has 0 aromatic heterocycles. The van der Waals surface area contributed by atoms with Crippen LogP contribution in [-0.2, 0) is 9.47 Å². The number of rotatable bonds is 6. The molecule has 7 nitrogen and oxygen atoms in total. The van der Waals surface area contributed by atoms with Gasteiger partial charge in [0.05, 0.1) is 24.5 Å². The Kier molecular flexibility index (Phi) is 7.15. The molecule has 1 heterocycles. The van der Waals surface area contributed by atoms with E-state index in [1.807, 2.05) is 18.2 Å². The number of esters is 1. The molecule has 0 saturated carbocycles. The monoisotopic (exact) mass is 414 g/mol. The number of ether oxygens (including phenoxy) is 3. The van der Waals surface area contributed by atoms with Crippen molar-refractivity contribution in [3.05, 3.63) is 59.7 Å². The van der Waals surface area contributed by atoms with Gasteiger partial charge < -0.3 is 19.5 Å². The van der Waals surface area contributed by atoms with Gasteiger partial charge in [0.25, 0.3) is 5.91 Å². The van der Waals surface area contributed by atoms with Crippen molar-refractivity contribution in [3.63, 3.8) is 0 Å². The zero-order chi connectivity index (χ0) is 20.6. The minimum atomic E-state index is -0.516. The molecule has 152 valence electrons. The molecule has 8 heteroatoms. The Morgan fingerprint density at radius 2 is 1.97 bits per heavy atom. The molecule has 2 aromatic rings. The van der Waals surface area contributed by atoms with E-state index < -0.39 is 11.9 Å². The number of hydrogen-bond donors (Lipinski definition) is 2. The number of anilines is 1. The second-order valence-corrected chi connectivity index (χ2v) is 6.83. The number of methoxy groups -OCH3 is 1. The number of carbonyl (C=O) groups excluding carboxylic acids is 2. The van der Waals surface area contributed by atoms with Crippen molar-refractivity contribution in [2.75, 3.05) is 25.6 Å². The van der Waals surface area contributed by atoms with Gasteiger partial charge in [-0.1, -0.05) is 18.2 Å². The summed E-state index contributed by atoms with van der Waals surface area (Å²) in [6.07, 6.45) is 2.12. The number of amides is 1. The molecule has 3 rings (SSSR count). The molecule has 0 aliphatic carbocycles. The van der Waals surface area contributed by atoms with Crippen LogP contribution in [0.4, 0.5) is 5.69 Å². The van der Waals surface area contributed by atoms with Crippen molar-refractivity contribution < 1.29 is 23.8 Å². The molecular weight excluding hydrogens is 392 g/mol. The summed E-state index contributed by atoms with van der Waals surface area (Å²) in [5.41, 5.74) is 1.21. The van der Waals surface area contributed by atoms with Crippen LogP contribution in [0.5, 0.6) is 5.75 Å². The highest BCUT2D eigenvalue weighted by atomic mass is 32.1. The third-order valence-electron chi connectivity index (χ3n) is 4.36. The first-order valence-electron chi connectivity index (χ1n) is 9.21. The average Bonchev–Trinajstić information content (AvgIpc) is 3.26. The van der Waals surface area contributed by atoms with E-state index in [9.17, 15) is 9.59 Å². The highest BCUT2D eigenvalue weighted by Crippen LogP contribution is 2.25. The smallest absolute Gasteiger partial charge is 0.337 e. The third kappa shape index (κ3) is 5.75. The molecule has 1 atom stereocenters. The van der Waals surface area contributed by atoms with Crippen LogP contribution >= 0.6 is 12.2 Å². The second-order valence-electron chi connectivity index (χ2n) is 6.42. The molecule has 2 aromatic carbocycles. The highest BCUT2D eigenvalue weighted by molar-refractivity contribution is 7.80. The molecule has 0 radical (unpaired) electrons. The zero-order valence-corrected chi connectivity index (χ0v) is 16.8. The van der Waals surface area contributed by atoms with Gasteiger partial charge in [-0.05, 0) is 55.4 Å². The van der Waals surface area contributed by atoms with Crippen LogP contribution in [0.1, 0.15) is 33.6 Å². The fraction of sp³-hybridized carbons (Fsp3) is 0.286. The van der Waals surface area contributed by atoms with Crippen molar-refractivity contribution in [1.29, 1.82) is 0 Å². The summed E-state index contributed by atoms with van der Waals surface area (Å²) in [5, 5.41) is 5.70. The molecule has 1 saturated heterocycles. The van der Waals surface area contributed by atoms with Gasteiger partial charge >= 0.3 is 5.97 Å². The molecule has 1 amide bonds. The lowest BCUT2D eigenvalue weighted by atomic mass is 10.1. The maximum Gasteiger partial charge on any atom is 0.337 e. The number of para-hydroxylation sites is 2.